The fourth-order valence-corrected chi connectivity index (χ4v) is 2.12. The summed E-state index contributed by atoms with van der Waals surface area (Å²) in [6, 6.07) is 8.19. The van der Waals surface area contributed by atoms with Crippen LogP contribution in [0.2, 0.25) is 0 Å². The number of aromatic amines is 1. The Morgan fingerprint density at radius 3 is 2.59 bits per heavy atom. The van der Waals surface area contributed by atoms with Crippen LogP contribution in [-0.4, -0.2) is 15.0 Å². The van der Waals surface area contributed by atoms with Gasteiger partial charge in [0.2, 0.25) is 0 Å². The van der Waals surface area contributed by atoms with Crippen LogP contribution in [-0.2, 0) is 0 Å². The normalized spacial score (nSPS) is 10.9. The molecule has 0 aliphatic heterocycles. The Kier molecular flexibility index (Phi) is 2.18. The molecule has 2 aromatic heterocycles. The number of imidazole rings is 1. The molecule has 0 saturated carbocycles. The maximum absolute atomic E-state index is 4.64. The molecule has 17 heavy (non-hydrogen) atoms. The van der Waals surface area contributed by atoms with Crippen molar-refractivity contribution < 1.29 is 0 Å². The lowest BCUT2D eigenvalue weighted by molar-refractivity contribution is 1.28. The summed E-state index contributed by atoms with van der Waals surface area (Å²) in [4.78, 5) is 12.0. The van der Waals surface area contributed by atoms with Crippen LogP contribution in [0.1, 0.15) is 11.1 Å². The van der Waals surface area contributed by atoms with Gasteiger partial charge in [-0.3, -0.25) is 4.98 Å². The van der Waals surface area contributed by atoms with Crippen LogP contribution in [0.5, 0.6) is 0 Å². The SMILES string of the molecule is Cc1cc(C)c2nc(-c3ccncc3)[nH]c2c1. The molecule has 2 heterocycles. The summed E-state index contributed by atoms with van der Waals surface area (Å²) in [6.07, 6.45) is 3.56. The Balaban J connectivity index is 2.24. The lowest BCUT2D eigenvalue weighted by Gasteiger charge is -1.96. The van der Waals surface area contributed by atoms with Crippen molar-refractivity contribution in [1.82, 2.24) is 15.0 Å². The number of hydrogen-bond donors (Lipinski definition) is 1. The van der Waals surface area contributed by atoms with Crippen molar-refractivity contribution in [2.24, 2.45) is 0 Å². The molecular formula is C14H13N3. The van der Waals surface area contributed by atoms with Crippen molar-refractivity contribution >= 4 is 11.0 Å². The molecule has 0 aliphatic carbocycles. The fourth-order valence-electron chi connectivity index (χ4n) is 2.12. The first-order valence-electron chi connectivity index (χ1n) is 5.61. The van der Waals surface area contributed by atoms with E-state index in [0.717, 1.165) is 22.4 Å². The zero-order valence-electron chi connectivity index (χ0n) is 9.86. The predicted molar refractivity (Wildman–Crippen MR) is 68.8 cm³/mol. The summed E-state index contributed by atoms with van der Waals surface area (Å²) in [5.74, 6) is 0.899. The molecule has 0 amide bonds. The summed E-state index contributed by atoms with van der Waals surface area (Å²) >= 11 is 0. The molecule has 3 aromatic rings. The molecule has 3 rings (SSSR count). The van der Waals surface area contributed by atoms with Crippen LogP contribution < -0.4 is 0 Å². The molecule has 0 radical (unpaired) electrons. The van der Waals surface area contributed by atoms with E-state index < -0.39 is 0 Å². The molecule has 0 bridgehead atoms. The topological polar surface area (TPSA) is 41.6 Å². The standard InChI is InChI=1S/C14H13N3/c1-9-7-10(2)13-12(8-9)16-14(17-13)11-3-5-15-6-4-11/h3-8H,1-2H3,(H,16,17). The number of H-pyrrole nitrogens is 1. The highest BCUT2D eigenvalue weighted by Crippen LogP contribution is 2.23. The van der Waals surface area contributed by atoms with Gasteiger partial charge in [-0.05, 0) is 43.2 Å². The molecule has 84 valence electrons. The molecule has 0 aliphatic rings. The van der Waals surface area contributed by atoms with Gasteiger partial charge in [0.15, 0.2) is 0 Å². The first-order chi connectivity index (χ1) is 8.24. The molecule has 0 unspecified atom stereocenters. The molecule has 3 heteroatoms. The van der Waals surface area contributed by atoms with Gasteiger partial charge in [-0.1, -0.05) is 6.07 Å². The maximum Gasteiger partial charge on any atom is 0.138 e. The summed E-state index contributed by atoms with van der Waals surface area (Å²) in [7, 11) is 0. The van der Waals surface area contributed by atoms with E-state index in [0.29, 0.717) is 0 Å². The van der Waals surface area contributed by atoms with Crippen molar-refractivity contribution in [3.8, 4) is 11.4 Å². The van der Waals surface area contributed by atoms with Crippen LogP contribution in [0.4, 0.5) is 0 Å². The fraction of sp³-hybridized carbons (Fsp3) is 0.143. The second-order valence-electron chi connectivity index (χ2n) is 4.30. The van der Waals surface area contributed by atoms with E-state index in [9.17, 15) is 0 Å². The third kappa shape index (κ3) is 1.69. The van der Waals surface area contributed by atoms with E-state index in [1.807, 2.05) is 12.1 Å². The number of nitrogens with one attached hydrogen (secondary N) is 1. The van der Waals surface area contributed by atoms with Crippen LogP contribution in [0, 0.1) is 13.8 Å². The van der Waals surface area contributed by atoms with Crippen molar-refractivity contribution in [1.29, 1.82) is 0 Å². The monoisotopic (exact) mass is 223 g/mol. The summed E-state index contributed by atoms with van der Waals surface area (Å²) < 4.78 is 0. The van der Waals surface area contributed by atoms with Crippen LogP contribution >= 0.6 is 0 Å². The Bertz CT molecular complexity index is 669. The van der Waals surface area contributed by atoms with E-state index >= 15 is 0 Å². The average Bonchev–Trinajstić information content (AvgIpc) is 2.74. The molecule has 1 N–H and O–H groups in total. The van der Waals surface area contributed by atoms with Crippen molar-refractivity contribution in [3.05, 3.63) is 47.8 Å². The minimum atomic E-state index is 0.899. The Morgan fingerprint density at radius 2 is 1.82 bits per heavy atom. The van der Waals surface area contributed by atoms with Gasteiger partial charge < -0.3 is 4.98 Å². The highest BCUT2D eigenvalue weighted by Gasteiger charge is 2.07. The second kappa shape index (κ2) is 3.70. The molecule has 0 fully saturated rings. The zero-order valence-corrected chi connectivity index (χ0v) is 9.86. The smallest absolute Gasteiger partial charge is 0.138 e. The number of rotatable bonds is 1. The van der Waals surface area contributed by atoms with Gasteiger partial charge in [0.25, 0.3) is 0 Å². The van der Waals surface area contributed by atoms with Crippen molar-refractivity contribution in [2.75, 3.05) is 0 Å². The van der Waals surface area contributed by atoms with Gasteiger partial charge in [0.1, 0.15) is 5.82 Å². The van der Waals surface area contributed by atoms with Gasteiger partial charge in [-0.2, -0.15) is 0 Å². The van der Waals surface area contributed by atoms with E-state index in [-0.39, 0.29) is 0 Å². The Labute approximate surface area is 99.5 Å². The number of nitrogens with zero attached hydrogens (tertiary/aromatic N) is 2. The first-order valence-corrected chi connectivity index (χ1v) is 5.61. The van der Waals surface area contributed by atoms with Gasteiger partial charge in [-0.15, -0.1) is 0 Å². The van der Waals surface area contributed by atoms with E-state index in [1.54, 1.807) is 12.4 Å². The molecule has 0 spiro atoms. The third-order valence-corrected chi connectivity index (χ3v) is 2.88. The molecule has 0 saturated heterocycles. The largest absolute Gasteiger partial charge is 0.338 e. The highest BCUT2D eigenvalue weighted by molar-refractivity contribution is 5.82. The number of hydrogen-bond acceptors (Lipinski definition) is 2. The number of fused-ring (bicyclic) bond motifs is 1. The van der Waals surface area contributed by atoms with Gasteiger partial charge in [0.05, 0.1) is 11.0 Å². The average molecular weight is 223 g/mol. The lowest BCUT2D eigenvalue weighted by atomic mass is 10.1. The summed E-state index contributed by atoms with van der Waals surface area (Å²) in [5, 5.41) is 0. The number of pyridine rings is 1. The minimum Gasteiger partial charge on any atom is -0.338 e. The minimum absolute atomic E-state index is 0.899. The van der Waals surface area contributed by atoms with Gasteiger partial charge in [0, 0.05) is 18.0 Å². The number of aromatic nitrogens is 3. The highest BCUT2D eigenvalue weighted by atomic mass is 14.9. The summed E-state index contributed by atoms with van der Waals surface area (Å²) in [5.41, 5.74) is 5.65. The van der Waals surface area contributed by atoms with Crippen LogP contribution in [0.15, 0.2) is 36.7 Å². The Morgan fingerprint density at radius 1 is 1.06 bits per heavy atom. The quantitative estimate of drug-likeness (QED) is 0.688. The Hall–Kier alpha value is -2.16. The van der Waals surface area contributed by atoms with Crippen molar-refractivity contribution in [3.63, 3.8) is 0 Å². The number of benzene rings is 1. The van der Waals surface area contributed by atoms with Crippen molar-refractivity contribution in [2.45, 2.75) is 13.8 Å². The first kappa shape index (κ1) is 10.0. The molecular weight excluding hydrogens is 210 g/mol. The van der Waals surface area contributed by atoms with Crippen LogP contribution in [0.3, 0.4) is 0 Å². The predicted octanol–water partition coefficient (Wildman–Crippen LogP) is 3.24. The summed E-state index contributed by atoms with van der Waals surface area (Å²) in [6.45, 7) is 4.19. The molecule has 3 nitrogen and oxygen atoms in total. The third-order valence-electron chi connectivity index (χ3n) is 2.88. The van der Waals surface area contributed by atoms with E-state index in [4.69, 9.17) is 0 Å². The van der Waals surface area contributed by atoms with Crippen LogP contribution in [0.25, 0.3) is 22.4 Å². The van der Waals surface area contributed by atoms with Gasteiger partial charge in [-0.25, -0.2) is 4.98 Å². The zero-order chi connectivity index (χ0) is 11.8. The van der Waals surface area contributed by atoms with E-state index in [2.05, 4.69) is 40.9 Å². The van der Waals surface area contributed by atoms with Gasteiger partial charge >= 0.3 is 0 Å². The number of aryl methyl sites for hydroxylation is 2. The molecule has 0 atom stereocenters. The van der Waals surface area contributed by atoms with E-state index in [1.165, 1.54) is 11.1 Å². The maximum atomic E-state index is 4.64. The second-order valence-corrected chi connectivity index (χ2v) is 4.30. The molecule has 1 aromatic carbocycles. The lowest BCUT2D eigenvalue weighted by Crippen LogP contribution is -1.80.